The number of likely N-dealkylation sites (tertiary alicyclic amines) is 1. The summed E-state index contributed by atoms with van der Waals surface area (Å²) in [5.41, 5.74) is 1.92. The topological polar surface area (TPSA) is 6.48 Å². The molecule has 0 aromatic heterocycles. The van der Waals surface area contributed by atoms with Gasteiger partial charge in [-0.3, -0.25) is 0 Å². The van der Waals surface area contributed by atoms with Crippen LogP contribution in [0.15, 0.2) is 12.3 Å². The van der Waals surface area contributed by atoms with Crippen LogP contribution in [0.1, 0.15) is 65.2 Å². The van der Waals surface area contributed by atoms with E-state index in [1.54, 1.807) is 0 Å². The largest absolute Gasteiger partial charge is 0.375 e. The van der Waals surface area contributed by atoms with E-state index in [1.807, 2.05) is 0 Å². The second kappa shape index (κ2) is 6.98. The van der Waals surface area contributed by atoms with Crippen LogP contribution in [0.4, 0.5) is 0 Å². The van der Waals surface area contributed by atoms with Crippen molar-refractivity contribution in [3.05, 3.63) is 12.3 Å². The van der Waals surface area contributed by atoms with E-state index in [0.29, 0.717) is 5.41 Å². The van der Waals surface area contributed by atoms with E-state index in [0.717, 1.165) is 6.04 Å². The van der Waals surface area contributed by atoms with Gasteiger partial charge in [0.15, 0.2) is 0 Å². The number of rotatable bonds is 6. The smallest absolute Gasteiger partial charge is 0.0304 e. The molecule has 2 heteroatoms. The van der Waals surface area contributed by atoms with Gasteiger partial charge in [-0.2, -0.15) is 0 Å². The maximum absolute atomic E-state index is 4.46. The Labute approximate surface area is 126 Å². The summed E-state index contributed by atoms with van der Waals surface area (Å²) in [6, 6.07) is 0.728. The SMILES string of the molecule is C=C1N(C)C(CCN(CC)CCC)CC12CCCCC2. The van der Waals surface area contributed by atoms with E-state index in [4.69, 9.17) is 0 Å². The van der Waals surface area contributed by atoms with Crippen LogP contribution in [-0.2, 0) is 0 Å². The first-order valence-electron chi connectivity index (χ1n) is 8.77. The van der Waals surface area contributed by atoms with E-state index in [-0.39, 0.29) is 0 Å². The van der Waals surface area contributed by atoms with Gasteiger partial charge in [0, 0.05) is 30.7 Å². The molecule has 0 bridgehead atoms. The van der Waals surface area contributed by atoms with Crippen LogP contribution in [0, 0.1) is 5.41 Å². The minimum Gasteiger partial charge on any atom is -0.375 e. The van der Waals surface area contributed by atoms with Gasteiger partial charge in [0.05, 0.1) is 0 Å². The van der Waals surface area contributed by atoms with E-state index < -0.39 is 0 Å². The first kappa shape index (κ1) is 15.9. The van der Waals surface area contributed by atoms with Crippen LogP contribution < -0.4 is 0 Å². The minimum atomic E-state index is 0.472. The molecule has 1 unspecified atom stereocenters. The molecule has 1 spiro atoms. The fraction of sp³-hybridized carbons (Fsp3) is 0.889. The summed E-state index contributed by atoms with van der Waals surface area (Å²) in [4.78, 5) is 5.12. The van der Waals surface area contributed by atoms with Crippen LogP contribution in [-0.4, -0.2) is 42.5 Å². The molecule has 116 valence electrons. The average Bonchev–Trinajstić information content (AvgIpc) is 2.69. The number of nitrogens with zero attached hydrogens (tertiary/aromatic N) is 2. The highest BCUT2D eigenvalue weighted by molar-refractivity contribution is 5.18. The van der Waals surface area contributed by atoms with Crippen molar-refractivity contribution in [2.24, 2.45) is 5.41 Å². The number of hydrogen-bond acceptors (Lipinski definition) is 2. The van der Waals surface area contributed by atoms with Crippen molar-refractivity contribution in [2.75, 3.05) is 26.7 Å². The van der Waals surface area contributed by atoms with Crippen molar-refractivity contribution < 1.29 is 0 Å². The van der Waals surface area contributed by atoms with E-state index in [9.17, 15) is 0 Å². The zero-order valence-corrected chi connectivity index (χ0v) is 14.0. The molecule has 2 rings (SSSR count). The van der Waals surface area contributed by atoms with Crippen LogP contribution in [0.3, 0.4) is 0 Å². The highest BCUT2D eigenvalue weighted by Gasteiger charge is 2.45. The summed E-state index contributed by atoms with van der Waals surface area (Å²) < 4.78 is 0. The molecule has 1 saturated carbocycles. The van der Waals surface area contributed by atoms with Gasteiger partial charge in [0.1, 0.15) is 0 Å². The molecule has 0 amide bonds. The Hall–Kier alpha value is -0.500. The molecule has 1 aliphatic heterocycles. The highest BCUT2D eigenvalue weighted by Crippen LogP contribution is 2.52. The third kappa shape index (κ3) is 3.21. The summed E-state index contributed by atoms with van der Waals surface area (Å²) in [6.07, 6.45) is 11.0. The van der Waals surface area contributed by atoms with Crippen LogP contribution >= 0.6 is 0 Å². The molecule has 2 fully saturated rings. The molecule has 0 aromatic carbocycles. The predicted octanol–water partition coefficient (Wildman–Crippen LogP) is 4.28. The Kier molecular flexibility index (Phi) is 5.54. The van der Waals surface area contributed by atoms with Crippen LogP contribution in [0.5, 0.6) is 0 Å². The van der Waals surface area contributed by atoms with Crippen LogP contribution in [0.25, 0.3) is 0 Å². The average molecular weight is 278 g/mol. The van der Waals surface area contributed by atoms with Gasteiger partial charge in [-0.25, -0.2) is 0 Å². The lowest BCUT2D eigenvalue weighted by Crippen LogP contribution is -2.31. The molecular formula is C18H34N2. The van der Waals surface area contributed by atoms with Gasteiger partial charge >= 0.3 is 0 Å². The second-order valence-electron chi connectivity index (χ2n) is 6.98. The van der Waals surface area contributed by atoms with Crippen molar-refractivity contribution in [2.45, 2.75) is 71.3 Å². The third-order valence-electron chi connectivity index (χ3n) is 5.79. The Balaban J connectivity index is 1.91. The van der Waals surface area contributed by atoms with Gasteiger partial charge in [-0.15, -0.1) is 0 Å². The van der Waals surface area contributed by atoms with Crippen LogP contribution in [0.2, 0.25) is 0 Å². The third-order valence-corrected chi connectivity index (χ3v) is 5.79. The molecule has 0 aromatic rings. The van der Waals surface area contributed by atoms with E-state index in [2.05, 4.69) is 37.3 Å². The Morgan fingerprint density at radius 3 is 2.50 bits per heavy atom. The van der Waals surface area contributed by atoms with Crippen molar-refractivity contribution in [1.82, 2.24) is 9.80 Å². The Morgan fingerprint density at radius 1 is 1.20 bits per heavy atom. The number of hydrogen-bond donors (Lipinski definition) is 0. The maximum atomic E-state index is 4.46. The Morgan fingerprint density at radius 2 is 1.90 bits per heavy atom. The monoisotopic (exact) mass is 278 g/mol. The van der Waals surface area contributed by atoms with Gasteiger partial charge < -0.3 is 9.80 Å². The molecule has 1 atom stereocenters. The standard InChI is InChI=1S/C18H34N2/c1-5-13-20(6-2)14-10-17-15-18(16(3)19(17)4)11-8-7-9-12-18/h17H,3,5-15H2,1-2,4H3. The maximum Gasteiger partial charge on any atom is 0.0304 e. The molecule has 2 nitrogen and oxygen atoms in total. The van der Waals surface area contributed by atoms with E-state index in [1.165, 1.54) is 76.7 Å². The van der Waals surface area contributed by atoms with Crippen molar-refractivity contribution in [3.8, 4) is 0 Å². The van der Waals surface area contributed by atoms with E-state index >= 15 is 0 Å². The lowest BCUT2D eigenvalue weighted by Gasteiger charge is -2.34. The quantitative estimate of drug-likeness (QED) is 0.715. The van der Waals surface area contributed by atoms with Gasteiger partial charge in [0.2, 0.25) is 0 Å². The summed E-state index contributed by atoms with van der Waals surface area (Å²) >= 11 is 0. The summed E-state index contributed by atoms with van der Waals surface area (Å²) in [6.45, 7) is 12.7. The molecule has 0 radical (unpaired) electrons. The second-order valence-corrected chi connectivity index (χ2v) is 6.98. The van der Waals surface area contributed by atoms with Crippen molar-refractivity contribution in [3.63, 3.8) is 0 Å². The fourth-order valence-corrected chi connectivity index (χ4v) is 4.39. The summed E-state index contributed by atoms with van der Waals surface area (Å²) in [5, 5.41) is 0. The molecule has 1 aliphatic carbocycles. The lowest BCUT2D eigenvalue weighted by atomic mass is 9.71. The predicted molar refractivity (Wildman–Crippen MR) is 87.8 cm³/mol. The van der Waals surface area contributed by atoms with Gasteiger partial charge in [-0.1, -0.05) is 39.7 Å². The first-order chi connectivity index (χ1) is 9.63. The summed E-state index contributed by atoms with van der Waals surface area (Å²) in [7, 11) is 2.28. The lowest BCUT2D eigenvalue weighted by molar-refractivity contribution is 0.227. The first-order valence-corrected chi connectivity index (χ1v) is 8.77. The molecule has 20 heavy (non-hydrogen) atoms. The fourth-order valence-electron chi connectivity index (χ4n) is 4.39. The molecular weight excluding hydrogens is 244 g/mol. The normalized spacial score (nSPS) is 25.9. The molecule has 2 aliphatic rings. The summed E-state index contributed by atoms with van der Waals surface area (Å²) in [5.74, 6) is 0. The van der Waals surface area contributed by atoms with Gasteiger partial charge in [-0.05, 0) is 45.2 Å². The molecule has 1 saturated heterocycles. The van der Waals surface area contributed by atoms with Crippen molar-refractivity contribution >= 4 is 0 Å². The zero-order chi connectivity index (χ0) is 14.6. The number of allylic oxidation sites excluding steroid dienone is 1. The minimum absolute atomic E-state index is 0.472. The molecule has 0 N–H and O–H groups in total. The molecule has 1 heterocycles. The highest BCUT2D eigenvalue weighted by atomic mass is 15.2. The van der Waals surface area contributed by atoms with Crippen molar-refractivity contribution in [1.29, 1.82) is 0 Å². The van der Waals surface area contributed by atoms with Gasteiger partial charge in [0.25, 0.3) is 0 Å². The Bertz CT molecular complexity index is 317. The zero-order valence-electron chi connectivity index (χ0n) is 14.0.